The maximum Gasteiger partial charge on any atom is 0.325 e. The molecule has 0 saturated heterocycles. The highest BCUT2D eigenvalue weighted by atomic mass is 32.2. The summed E-state index contributed by atoms with van der Waals surface area (Å²) in [5, 5.41) is 0.840. The molecule has 120 valence electrons. The Bertz CT molecular complexity index is 910. The Hall–Kier alpha value is -1.78. The minimum Gasteiger partial charge on any atom is -0.313 e. The zero-order chi connectivity index (χ0) is 16.7. The standard InChI is InChI=1S/C12H16N4O4S2/c1-6(10-7(2)21-8(3)14-10)16(4)22(19,20)9-5-13-12(18)15-11(9)17/h5-6H,1-4H3,(H2,13,15,17,18)/t6-/m0/s1. The second-order valence-corrected chi connectivity index (χ2v) is 8.18. The molecule has 0 fully saturated rings. The van der Waals surface area contributed by atoms with Gasteiger partial charge >= 0.3 is 5.69 Å². The predicted octanol–water partition coefficient (Wildman–Crippen LogP) is 0.518. The average Bonchev–Trinajstić information content (AvgIpc) is 2.75. The van der Waals surface area contributed by atoms with Gasteiger partial charge in [0.1, 0.15) is 0 Å². The number of aromatic amines is 2. The summed E-state index contributed by atoms with van der Waals surface area (Å²) in [5.41, 5.74) is -1.06. The Morgan fingerprint density at radius 3 is 2.45 bits per heavy atom. The number of aryl methyl sites for hydroxylation is 2. The molecule has 0 radical (unpaired) electrons. The normalized spacial score (nSPS) is 13.5. The Labute approximate surface area is 130 Å². The molecule has 2 N–H and O–H groups in total. The van der Waals surface area contributed by atoms with Gasteiger partial charge in [0.05, 0.1) is 16.7 Å². The predicted molar refractivity (Wildman–Crippen MR) is 82.6 cm³/mol. The highest BCUT2D eigenvalue weighted by Crippen LogP contribution is 2.28. The van der Waals surface area contributed by atoms with Crippen LogP contribution in [0.5, 0.6) is 0 Å². The van der Waals surface area contributed by atoms with Crippen molar-refractivity contribution in [1.82, 2.24) is 19.3 Å². The number of hydrogen-bond donors (Lipinski definition) is 2. The third-order valence-corrected chi connectivity index (χ3v) is 6.16. The lowest BCUT2D eigenvalue weighted by molar-refractivity contribution is 0.391. The quantitative estimate of drug-likeness (QED) is 0.839. The summed E-state index contributed by atoms with van der Waals surface area (Å²) >= 11 is 1.48. The molecule has 10 heteroatoms. The van der Waals surface area contributed by atoms with E-state index in [4.69, 9.17) is 0 Å². The zero-order valence-electron chi connectivity index (χ0n) is 12.5. The lowest BCUT2D eigenvalue weighted by Gasteiger charge is -2.23. The molecule has 0 unspecified atom stereocenters. The average molecular weight is 344 g/mol. The number of rotatable bonds is 4. The second kappa shape index (κ2) is 5.78. The van der Waals surface area contributed by atoms with Gasteiger partial charge in [0, 0.05) is 18.1 Å². The van der Waals surface area contributed by atoms with Crippen LogP contribution in [0.15, 0.2) is 20.7 Å². The fourth-order valence-corrected chi connectivity index (χ4v) is 4.28. The van der Waals surface area contributed by atoms with Crippen LogP contribution in [0.2, 0.25) is 0 Å². The Morgan fingerprint density at radius 2 is 1.95 bits per heavy atom. The van der Waals surface area contributed by atoms with Crippen LogP contribution in [-0.4, -0.2) is 34.7 Å². The van der Waals surface area contributed by atoms with Gasteiger partial charge < -0.3 is 4.98 Å². The van der Waals surface area contributed by atoms with E-state index in [2.05, 4.69) is 9.97 Å². The van der Waals surface area contributed by atoms with Gasteiger partial charge in [-0.2, -0.15) is 4.31 Å². The van der Waals surface area contributed by atoms with Crippen LogP contribution in [0.3, 0.4) is 0 Å². The van der Waals surface area contributed by atoms with Crippen LogP contribution in [0.4, 0.5) is 0 Å². The van der Waals surface area contributed by atoms with Crippen molar-refractivity contribution in [3.05, 3.63) is 42.6 Å². The third-order valence-electron chi connectivity index (χ3n) is 3.32. The highest BCUT2D eigenvalue weighted by molar-refractivity contribution is 7.89. The molecule has 0 spiro atoms. The second-order valence-electron chi connectivity index (χ2n) is 4.81. The molecule has 2 rings (SSSR count). The van der Waals surface area contributed by atoms with E-state index < -0.39 is 32.2 Å². The van der Waals surface area contributed by atoms with Crippen molar-refractivity contribution >= 4 is 21.4 Å². The summed E-state index contributed by atoms with van der Waals surface area (Å²) in [6.45, 7) is 5.40. The molecular weight excluding hydrogens is 328 g/mol. The summed E-state index contributed by atoms with van der Waals surface area (Å²) in [6.07, 6.45) is 0.902. The van der Waals surface area contributed by atoms with Gasteiger partial charge in [-0.3, -0.25) is 9.78 Å². The van der Waals surface area contributed by atoms with E-state index in [0.29, 0.717) is 5.69 Å². The van der Waals surface area contributed by atoms with Crippen molar-refractivity contribution in [2.45, 2.75) is 31.7 Å². The van der Waals surface area contributed by atoms with Crippen LogP contribution >= 0.6 is 11.3 Å². The van der Waals surface area contributed by atoms with Crippen molar-refractivity contribution in [2.24, 2.45) is 0 Å². The van der Waals surface area contributed by atoms with E-state index in [9.17, 15) is 18.0 Å². The number of hydrogen-bond acceptors (Lipinski definition) is 6. The lowest BCUT2D eigenvalue weighted by atomic mass is 10.2. The Kier molecular flexibility index (Phi) is 4.36. The zero-order valence-corrected chi connectivity index (χ0v) is 14.1. The SMILES string of the molecule is Cc1nc([C@H](C)N(C)S(=O)(=O)c2c[nH]c(=O)[nH]c2=O)c(C)s1. The molecule has 2 heterocycles. The summed E-state index contributed by atoms with van der Waals surface area (Å²) < 4.78 is 26.2. The van der Waals surface area contributed by atoms with Gasteiger partial charge in [-0.15, -0.1) is 11.3 Å². The van der Waals surface area contributed by atoms with Crippen molar-refractivity contribution in [3.8, 4) is 0 Å². The third kappa shape index (κ3) is 2.89. The molecule has 2 aromatic rings. The Balaban J connectivity index is 2.47. The number of aromatic nitrogens is 3. The van der Waals surface area contributed by atoms with Crippen LogP contribution in [0.1, 0.15) is 28.5 Å². The van der Waals surface area contributed by atoms with Crippen LogP contribution in [0.25, 0.3) is 0 Å². The van der Waals surface area contributed by atoms with Crippen molar-refractivity contribution < 1.29 is 8.42 Å². The number of nitrogens with zero attached hydrogens (tertiary/aromatic N) is 2. The topological polar surface area (TPSA) is 116 Å². The first-order valence-corrected chi connectivity index (χ1v) is 8.64. The fraction of sp³-hybridized carbons (Fsp3) is 0.417. The molecule has 2 aromatic heterocycles. The number of H-pyrrole nitrogens is 2. The number of thiazole rings is 1. The van der Waals surface area contributed by atoms with Gasteiger partial charge in [-0.1, -0.05) is 0 Å². The van der Waals surface area contributed by atoms with Gasteiger partial charge in [0.25, 0.3) is 5.56 Å². The summed E-state index contributed by atoms with van der Waals surface area (Å²) in [7, 11) is -2.68. The highest BCUT2D eigenvalue weighted by Gasteiger charge is 2.30. The molecular formula is C12H16N4O4S2. The molecule has 0 saturated carbocycles. The van der Waals surface area contributed by atoms with Gasteiger partial charge in [-0.25, -0.2) is 18.2 Å². The van der Waals surface area contributed by atoms with E-state index in [0.717, 1.165) is 20.4 Å². The molecule has 0 aromatic carbocycles. The van der Waals surface area contributed by atoms with Gasteiger partial charge in [-0.05, 0) is 20.8 Å². The fourth-order valence-electron chi connectivity index (χ4n) is 2.06. The minimum atomic E-state index is -4.06. The van der Waals surface area contributed by atoms with E-state index in [-0.39, 0.29) is 0 Å². The maximum absolute atomic E-state index is 12.6. The van der Waals surface area contributed by atoms with E-state index in [1.807, 2.05) is 18.8 Å². The van der Waals surface area contributed by atoms with E-state index in [1.54, 1.807) is 6.92 Å². The molecule has 1 atom stereocenters. The summed E-state index contributed by atoms with van der Waals surface area (Å²) in [6, 6.07) is -0.540. The Morgan fingerprint density at radius 1 is 1.32 bits per heavy atom. The smallest absolute Gasteiger partial charge is 0.313 e. The van der Waals surface area contributed by atoms with Crippen molar-refractivity contribution in [2.75, 3.05) is 7.05 Å². The maximum atomic E-state index is 12.6. The van der Waals surface area contributed by atoms with Crippen LogP contribution in [-0.2, 0) is 10.0 Å². The lowest BCUT2D eigenvalue weighted by Crippen LogP contribution is -2.36. The molecule has 0 aliphatic rings. The first-order valence-electron chi connectivity index (χ1n) is 6.38. The number of nitrogens with one attached hydrogen (secondary N) is 2. The number of sulfonamides is 1. The molecule has 0 bridgehead atoms. The van der Waals surface area contributed by atoms with Gasteiger partial charge in [0.15, 0.2) is 4.90 Å². The van der Waals surface area contributed by atoms with Crippen LogP contribution < -0.4 is 11.2 Å². The minimum absolute atomic E-state index is 0.508. The van der Waals surface area contributed by atoms with Gasteiger partial charge in [0.2, 0.25) is 10.0 Å². The first-order chi connectivity index (χ1) is 10.1. The first kappa shape index (κ1) is 16.6. The molecule has 22 heavy (non-hydrogen) atoms. The summed E-state index contributed by atoms with van der Waals surface area (Å²) in [4.78, 5) is 31.6. The van der Waals surface area contributed by atoms with Crippen molar-refractivity contribution in [1.29, 1.82) is 0 Å². The summed E-state index contributed by atoms with van der Waals surface area (Å²) in [5.74, 6) is 0. The molecule has 0 amide bonds. The molecule has 0 aliphatic heterocycles. The monoisotopic (exact) mass is 344 g/mol. The molecule has 0 aliphatic carbocycles. The van der Waals surface area contributed by atoms with Crippen molar-refractivity contribution in [3.63, 3.8) is 0 Å². The largest absolute Gasteiger partial charge is 0.325 e. The molecule has 8 nitrogen and oxygen atoms in total. The van der Waals surface area contributed by atoms with E-state index >= 15 is 0 Å². The van der Waals surface area contributed by atoms with Crippen LogP contribution in [0, 0.1) is 13.8 Å². The van der Waals surface area contributed by atoms with E-state index in [1.165, 1.54) is 18.4 Å².